The Balaban J connectivity index is 2.20. The predicted octanol–water partition coefficient (Wildman–Crippen LogP) is 1.92. The second-order valence-corrected chi connectivity index (χ2v) is 6.58. The average Bonchev–Trinajstić information content (AvgIpc) is 3.18. The van der Waals surface area contributed by atoms with E-state index in [1.807, 2.05) is 0 Å². The molecule has 1 saturated carbocycles. The summed E-state index contributed by atoms with van der Waals surface area (Å²) in [5, 5.41) is 3.04. The van der Waals surface area contributed by atoms with Gasteiger partial charge in [0.25, 0.3) is 0 Å². The number of hydrogen-bond acceptors (Lipinski definition) is 3. The maximum Gasteiger partial charge on any atom is 0.402 e. The lowest BCUT2D eigenvalue weighted by Gasteiger charge is -2.13. The third-order valence-electron chi connectivity index (χ3n) is 2.94. The van der Waals surface area contributed by atoms with Gasteiger partial charge >= 0.3 is 6.18 Å². The largest absolute Gasteiger partial charge is 0.402 e. The molecule has 0 heterocycles. The highest BCUT2D eigenvalue weighted by Gasteiger charge is 2.31. The lowest BCUT2D eigenvalue weighted by molar-refractivity contribution is -0.121. The molecular formula is C12H14F4N2O2S. The van der Waals surface area contributed by atoms with E-state index >= 15 is 0 Å². The van der Waals surface area contributed by atoms with Crippen LogP contribution in [0.25, 0.3) is 0 Å². The fourth-order valence-corrected chi connectivity index (χ4v) is 2.98. The summed E-state index contributed by atoms with van der Waals surface area (Å²) < 4.78 is 74.9. The number of rotatable bonds is 6. The molecule has 2 N–H and O–H groups in total. The monoisotopic (exact) mass is 326 g/mol. The summed E-state index contributed by atoms with van der Waals surface area (Å²) in [5.41, 5.74) is 0.234. The lowest BCUT2D eigenvalue weighted by atomic mass is 10.2. The summed E-state index contributed by atoms with van der Waals surface area (Å²) in [6.07, 6.45) is -2.74. The smallest absolute Gasteiger partial charge is 0.310 e. The zero-order chi connectivity index (χ0) is 15.7. The number of halogens is 4. The van der Waals surface area contributed by atoms with Gasteiger partial charge in [-0.1, -0.05) is 6.07 Å². The third-order valence-corrected chi connectivity index (χ3v) is 4.42. The van der Waals surface area contributed by atoms with E-state index in [1.54, 1.807) is 0 Å². The van der Waals surface area contributed by atoms with Gasteiger partial charge in [-0.15, -0.1) is 0 Å². The van der Waals surface area contributed by atoms with E-state index in [-0.39, 0.29) is 18.2 Å². The first-order valence-corrected chi connectivity index (χ1v) is 7.74. The van der Waals surface area contributed by atoms with Gasteiger partial charge in [-0.25, -0.2) is 17.5 Å². The van der Waals surface area contributed by atoms with Crippen molar-refractivity contribution in [3.63, 3.8) is 0 Å². The fraction of sp³-hybridized carbons (Fsp3) is 0.500. The molecule has 0 saturated heterocycles. The Labute approximate surface area is 119 Å². The average molecular weight is 326 g/mol. The molecule has 118 valence electrons. The minimum atomic E-state index is -4.67. The summed E-state index contributed by atoms with van der Waals surface area (Å²) in [6.45, 7) is -1.53. The van der Waals surface area contributed by atoms with Crippen LogP contribution in [0.15, 0.2) is 23.1 Å². The molecule has 0 atom stereocenters. The van der Waals surface area contributed by atoms with E-state index in [4.69, 9.17) is 0 Å². The number of benzene rings is 1. The molecule has 1 aliphatic carbocycles. The zero-order valence-electron chi connectivity index (χ0n) is 10.9. The fourth-order valence-electron chi connectivity index (χ4n) is 1.72. The van der Waals surface area contributed by atoms with Crippen LogP contribution < -0.4 is 10.0 Å². The zero-order valence-corrected chi connectivity index (χ0v) is 11.7. The second kappa shape index (κ2) is 5.90. The van der Waals surface area contributed by atoms with E-state index in [9.17, 15) is 26.0 Å². The Morgan fingerprint density at radius 2 is 1.90 bits per heavy atom. The van der Waals surface area contributed by atoms with Crippen LogP contribution in [0.5, 0.6) is 0 Å². The summed E-state index contributed by atoms with van der Waals surface area (Å²) >= 11 is 0. The maximum atomic E-state index is 13.2. The molecular weight excluding hydrogens is 312 g/mol. The molecule has 0 unspecified atom stereocenters. The molecule has 1 aliphatic rings. The van der Waals surface area contributed by atoms with Gasteiger partial charge in [-0.2, -0.15) is 13.2 Å². The van der Waals surface area contributed by atoms with Gasteiger partial charge in [-0.3, -0.25) is 0 Å². The van der Waals surface area contributed by atoms with Gasteiger partial charge in [0.15, 0.2) is 0 Å². The Bertz CT molecular complexity index is 612. The van der Waals surface area contributed by atoms with Crippen LogP contribution in [0.4, 0.5) is 17.6 Å². The van der Waals surface area contributed by atoms with Crippen molar-refractivity contribution >= 4 is 10.0 Å². The third kappa shape index (κ3) is 4.94. The Hall–Kier alpha value is -1.19. The summed E-state index contributed by atoms with van der Waals surface area (Å²) in [5.74, 6) is -0.822. The first-order chi connectivity index (χ1) is 9.67. The summed E-state index contributed by atoms with van der Waals surface area (Å²) in [4.78, 5) is -0.472. The molecule has 0 aliphatic heterocycles. The second-order valence-electron chi connectivity index (χ2n) is 4.85. The first-order valence-electron chi connectivity index (χ1n) is 6.25. The summed E-state index contributed by atoms with van der Waals surface area (Å²) in [7, 11) is -4.42. The molecule has 0 radical (unpaired) electrons. The molecule has 9 heteroatoms. The number of sulfonamides is 1. The summed E-state index contributed by atoms with van der Waals surface area (Å²) in [6, 6.07) is 3.34. The Morgan fingerprint density at radius 1 is 1.24 bits per heavy atom. The maximum absolute atomic E-state index is 13.2. The topological polar surface area (TPSA) is 58.2 Å². The van der Waals surface area contributed by atoms with Crippen molar-refractivity contribution in [2.75, 3.05) is 6.54 Å². The van der Waals surface area contributed by atoms with Crippen molar-refractivity contribution in [2.24, 2.45) is 0 Å². The van der Waals surface area contributed by atoms with Crippen LogP contribution in [-0.2, 0) is 16.6 Å². The number of nitrogens with one attached hydrogen (secondary N) is 2. The van der Waals surface area contributed by atoms with Crippen LogP contribution in [0.2, 0.25) is 0 Å². The molecule has 4 nitrogen and oxygen atoms in total. The minimum Gasteiger partial charge on any atom is -0.310 e. The molecule has 0 bridgehead atoms. The number of alkyl halides is 3. The molecule has 0 spiro atoms. The number of hydrogen-bond donors (Lipinski definition) is 2. The van der Waals surface area contributed by atoms with E-state index < -0.39 is 33.5 Å². The van der Waals surface area contributed by atoms with Crippen LogP contribution >= 0.6 is 0 Å². The minimum absolute atomic E-state index is 0.160. The van der Waals surface area contributed by atoms with Crippen molar-refractivity contribution in [3.8, 4) is 0 Å². The van der Waals surface area contributed by atoms with E-state index in [0.717, 1.165) is 25.0 Å². The Kier molecular flexibility index (Phi) is 4.54. The quantitative estimate of drug-likeness (QED) is 0.785. The van der Waals surface area contributed by atoms with Crippen molar-refractivity contribution in [2.45, 2.75) is 36.5 Å². The lowest BCUT2D eigenvalue weighted by Crippen LogP contribution is -2.34. The van der Waals surface area contributed by atoms with Crippen molar-refractivity contribution in [1.29, 1.82) is 0 Å². The van der Waals surface area contributed by atoms with Gasteiger partial charge in [-0.05, 0) is 30.5 Å². The first kappa shape index (κ1) is 16.2. The highest BCUT2D eigenvalue weighted by Crippen LogP contribution is 2.22. The van der Waals surface area contributed by atoms with Crippen molar-refractivity contribution in [1.82, 2.24) is 10.0 Å². The van der Waals surface area contributed by atoms with Crippen LogP contribution in [0.3, 0.4) is 0 Å². The Morgan fingerprint density at radius 3 is 2.48 bits per heavy atom. The van der Waals surface area contributed by atoms with Gasteiger partial charge in [0, 0.05) is 12.6 Å². The normalized spacial score (nSPS) is 16.2. The molecule has 1 aromatic rings. The molecule has 1 fully saturated rings. The van der Waals surface area contributed by atoms with Crippen LogP contribution in [0.1, 0.15) is 18.4 Å². The van der Waals surface area contributed by atoms with Crippen LogP contribution in [-0.4, -0.2) is 27.2 Å². The van der Waals surface area contributed by atoms with Crippen molar-refractivity contribution in [3.05, 3.63) is 29.6 Å². The molecule has 21 heavy (non-hydrogen) atoms. The highest BCUT2D eigenvalue weighted by atomic mass is 32.2. The van der Waals surface area contributed by atoms with Crippen molar-refractivity contribution < 1.29 is 26.0 Å². The van der Waals surface area contributed by atoms with E-state index in [0.29, 0.717) is 0 Å². The van der Waals surface area contributed by atoms with Crippen LogP contribution in [0, 0.1) is 5.82 Å². The van der Waals surface area contributed by atoms with E-state index in [1.165, 1.54) is 10.8 Å². The van der Waals surface area contributed by atoms with Gasteiger partial charge < -0.3 is 5.32 Å². The molecule has 2 rings (SSSR count). The molecule has 0 aromatic heterocycles. The van der Waals surface area contributed by atoms with Gasteiger partial charge in [0.1, 0.15) is 12.4 Å². The highest BCUT2D eigenvalue weighted by molar-refractivity contribution is 7.89. The SMILES string of the molecule is O=S(=O)(NCC(F)(F)F)c1cc(F)ccc1CNC1CC1. The van der Waals surface area contributed by atoms with Gasteiger partial charge in [0.05, 0.1) is 4.90 Å². The van der Waals surface area contributed by atoms with Gasteiger partial charge in [0.2, 0.25) is 10.0 Å². The standard InChI is InChI=1S/C12H14F4N2O2S/c13-9-2-1-8(6-17-10-3-4-10)11(5-9)21(19,20)18-7-12(14,15)16/h1-2,5,10,17-18H,3-4,6-7H2. The molecule has 1 aromatic carbocycles. The predicted molar refractivity (Wildman–Crippen MR) is 67.5 cm³/mol. The molecule has 0 amide bonds. The van der Waals surface area contributed by atoms with E-state index in [2.05, 4.69) is 5.32 Å².